The van der Waals surface area contributed by atoms with E-state index in [0.29, 0.717) is 0 Å². The summed E-state index contributed by atoms with van der Waals surface area (Å²) in [7, 11) is 1.47. The third-order valence-corrected chi connectivity index (χ3v) is 4.71. The molecule has 1 aromatic heterocycles. The number of para-hydroxylation sites is 1. The molecule has 3 rings (SSSR count). The zero-order chi connectivity index (χ0) is 24.6. The zero-order valence-electron chi connectivity index (χ0n) is 17.7. The first-order chi connectivity index (χ1) is 15.3. The maximum Gasteiger partial charge on any atom is 0.422 e. The highest BCUT2D eigenvalue weighted by atomic mass is 35.5. The molecule has 12 heteroatoms. The number of nitrogens with zero attached hydrogens (tertiary/aromatic N) is 3. The van der Waals surface area contributed by atoms with E-state index in [1.54, 1.807) is 12.1 Å². The van der Waals surface area contributed by atoms with Gasteiger partial charge in [0.25, 0.3) is 5.91 Å². The Labute approximate surface area is 191 Å². The third-order valence-electron chi connectivity index (χ3n) is 4.38. The van der Waals surface area contributed by atoms with Crippen molar-refractivity contribution in [3.63, 3.8) is 0 Å². The second-order valence-corrected chi connectivity index (χ2v) is 8.01. The standard InChI is InChI=1S/C21H19ClF4N4O3/c1-20(2,32)19-28-17(29-30(19)3)11-9-16(33-10-21(24,25)26)12(8-14(11)23)18(31)27-15-7-5-4-6-13(15)22/h4-9,32H,10H2,1-3H3,(H,27,31). The molecule has 2 N–H and O–H groups in total. The summed E-state index contributed by atoms with van der Waals surface area (Å²) in [5.41, 5.74) is -2.04. The Morgan fingerprint density at radius 3 is 2.48 bits per heavy atom. The van der Waals surface area contributed by atoms with Crippen molar-refractivity contribution in [1.29, 1.82) is 0 Å². The highest BCUT2D eigenvalue weighted by Gasteiger charge is 2.31. The molecule has 7 nitrogen and oxygen atoms in total. The second-order valence-electron chi connectivity index (χ2n) is 7.61. The topological polar surface area (TPSA) is 89.3 Å². The summed E-state index contributed by atoms with van der Waals surface area (Å²) in [6, 6.07) is 7.80. The van der Waals surface area contributed by atoms with Gasteiger partial charge in [-0.3, -0.25) is 4.79 Å². The van der Waals surface area contributed by atoms with Gasteiger partial charge in [-0.1, -0.05) is 23.7 Å². The molecule has 0 aliphatic rings. The molecule has 0 saturated carbocycles. The molecular weight excluding hydrogens is 468 g/mol. The number of ether oxygens (including phenoxy) is 1. The van der Waals surface area contributed by atoms with E-state index >= 15 is 0 Å². The van der Waals surface area contributed by atoms with E-state index in [1.165, 1.54) is 37.7 Å². The predicted molar refractivity (Wildman–Crippen MR) is 113 cm³/mol. The summed E-state index contributed by atoms with van der Waals surface area (Å²) in [5, 5.41) is 16.8. The largest absolute Gasteiger partial charge is 0.483 e. The lowest BCUT2D eigenvalue weighted by Gasteiger charge is -2.15. The van der Waals surface area contributed by atoms with Crippen molar-refractivity contribution in [3.8, 4) is 17.1 Å². The smallest absolute Gasteiger partial charge is 0.422 e. The molecule has 33 heavy (non-hydrogen) atoms. The Balaban J connectivity index is 2.06. The summed E-state index contributed by atoms with van der Waals surface area (Å²) < 4.78 is 59.4. The second kappa shape index (κ2) is 8.99. The Hall–Kier alpha value is -3.18. The van der Waals surface area contributed by atoms with Gasteiger partial charge in [-0.2, -0.15) is 18.3 Å². The molecule has 0 bridgehead atoms. The summed E-state index contributed by atoms with van der Waals surface area (Å²) in [5.74, 6) is -2.56. The number of aromatic nitrogens is 3. The number of amides is 1. The average molecular weight is 487 g/mol. The molecule has 0 spiro atoms. The highest BCUT2D eigenvalue weighted by Crippen LogP contribution is 2.32. The van der Waals surface area contributed by atoms with Gasteiger partial charge in [0.1, 0.15) is 17.2 Å². The number of hydrogen-bond donors (Lipinski definition) is 2. The quantitative estimate of drug-likeness (QED) is 0.493. The van der Waals surface area contributed by atoms with Crippen LogP contribution in [0.25, 0.3) is 11.4 Å². The molecule has 176 valence electrons. The van der Waals surface area contributed by atoms with Crippen LogP contribution in [0.1, 0.15) is 30.0 Å². The van der Waals surface area contributed by atoms with Gasteiger partial charge >= 0.3 is 6.18 Å². The number of rotatable bonds is 6. The van der Waals surface area contributed by atoms with Gasteiger partial charge in [-0.05, 0) is 38.1 Å². The minimum absolute atomic E-state index is 0.0928. The van der Waals surface area contributed by atoms with E-state index in [-0.39, 0.29) is 27.9 Å². The van der Waals surface area contributed by atoms with Crippen LogP contribution >= 0.6 is 11.6 Å². The number of carbonyl (C=O) groups excluding carboxylic acids is 1. The van der Waals surface area contributed by atoms with Crippen LogP contribution in [0.5, 0.6) is 5.75 Å². The molecule has 0 radical (unpaired) electrons. The van der Waals surface area contributed by atoms with Crippen molar-refractivity contribution in [2.24, 2.45) is 7.05 Å². The SMILES string of the molecule is Cn1nc(-c2cc(OCC(F)(F)F)c(C(=O)Nc3ccccc3Cl)cc2F)nc1C(C)(C)O. The molecule has 0 aliphatic carbocycles. The lowest BCUT2D eigenvalue weighted by molar-refractivity contribution is -0.153. The maximum atomic E-state index is 15.0. The predicted octanol–water partition coefficient (Wildman–Crippen LogP) is 4.70. The molecule has 0 unspecified atom stereocenters. The molecule has 0 fully saturated rings. The van der Waals surface area contributed by atoms with E-state index in [4.69, 9.17) is 16.3 Å². The first kappa shape index (κ1) is 24.5. The maximum absolute atomic E-state index is 15.0. The molecular formula is C21H19ClF4N4O3. The van der Waals surface area contributed by atoms with Crippen molar-refractivity contribution in [2.45, 2.75) is 25.6 Å². The zero-order valence-corrected chi connectivity index (χ0v) is 18.4. The van der Waals surface area contributed by atoms with Gasteiger partial charge in [0.15, 0.2) is 18.3 Å². The fourth-order valence-electron chi connectivity index (χ4n) is 2.96. The molecule has 3 aromatic rings. The number of halogens is 5. The van der Waals surface area contributed by atoms with E-state index in [1.807, 2.05) is 0 Å². The number of anilines is 1. The van der Waals surface area contributed by atoms with Crippen LogP contribution < -0.4 is 10.1 Å². The first-order valence-electron chi connectivity index (χ1n) is 9.49. The van der Waals surface area contributed by atoms with Crippen molar-refractivity contribution in [3.05, 3.63) is 58.6 Å². The van der Waals surface area contributed by atoms with E-state index in [9.17, 15) is 27.5 Å². The number of nitrogens with one attached hydrogen (secondary N) is 1. The monoisotopic (exact) mass is 486 g/mol. The third kappa shape index (κ3) is 5.79. The van der Waals surface area contributed by atoms with Crippen LogP contribution in [0.2, 0.25) is 5.02 Å². The van der Waals surface area contributed by atoms with Crippen molar-refractivity contribution >= 4 is 23.2 Å². The van der Waals surface area contributed by atoms with Gasteiger partial charge in [0.2, 0.25) is 0 Å². The van der Waals surface area contributed by atoms with Crippen LogP contribution in [0.3, 0.4) is 0 Å². The summed E-state index contributed by atoms with van der Waals surface area (Å²) in [4.78, 5) is 16.8. The van der Waals surface area contributed by atoms with Gasteiger partial charge in [0, 0.05) is 7.05 Å². The molecule has 0 aliphatic heterocycles. The normalized spacial score (nSPS) is 12.0. The number of aliphatic hydroxyl groups is 1. The van der Waals surface area contributed by atoms with Crippen molar-refractivity contribution in [2.75, 3.05) is 11.9 Å². The summed E-state index contributed by atoms with van der Waals surface area (Å²) in [6.07, 6.45) is -4.71. The number of benzene rings is 2. The molecule has 1 amide bonds. The fraction of sp³-hybridized carbons (Fsp3) is 0.286. The highest BCUT2D eigenvalue weighted by molar-refractivity contribution is 6.33. The summed E-state index contributed by atoms with van der Waals surface area (Å²) >= 11 is 6.00. The van der Waals surface area contributed by atoms with E-state index < -0.39 is 41.4 Å². The van der Waals surface area contributed by atoms with E-state index in [0.717, 1.165) is 12.1 Å². The van der Waals surface area contributed by atoms with Crippen LogP contribution in [-0.2, 0) is 12.6 Å². The lowest BCUT2D eigenvalue weighted by Crippen LogP contribution is -2.21. The van der Waals surface area contributed by atoms with Crippen molar-refractivity contribution < 1.29 is 32.2 Å². The van der Waals surface area contributed by atoms with Crippen LogP contribution in [0.4, 0.5) is 23.2 Å². The van der Waals surface area contributed by atoms with Gasteiger partial charge in [-0.25, -0.2) is 14.1 Å². The summed E-state index contributed by atoms with van der Waals surface area (Å²) in [6.45, 7) is 1.17. The number of aryl methyl sites for hydroxylation is 1. The van der Waals surface area contributed by atoms with Gasteiger partial charge in [0.05, 0.1) is 21.8 Å². The Kier molecular flexibility index (Phi) is 6.66. The average Bonchev–Trinajstić information content (AvgIpc) is 3.09. The number of hydrogen-bond acceptors (Lipinski definition) is 5. The number of carbonyl (C=O) groups is 1. The molecule has 0 saturated heterocycles. The van der Waals surface area contributed by atoms with Crippen LogP contribution in [-0.4, -0.2) is 38.6 Å². The fourth-order valence-corrected chi connectivity index (χ4v) is 3.15. The Bertz CT molecular complexity index is 1190. The Morgan fingerprint density at radius 2 is 1.91 bits per heavy atom. The molecule has 2 aromatic carbocycles. The van der Waals surface area contributed by atoms with Gasteiger partial charge in [-0.15, -0.1) is 0 Å². The minimum atomic E-state index is -4.71. The van der Waals surface area contributed by atoms with Crippen LogP contribution in [0.15, 0.2) is 36.4 Å². The molecule has 0 atom stereocenters. The molecule has 1 heterocycles. The Morgan fingerprint density at radius 1 is 1.24 bits per heavy atom. The van der Waals surface area contributed by atoms with Crippen molar-refractivity contribution in [1.82, 2.24) is 14.8 Å². The van der Waals surface area contributed by atoms with Crippen LogP contribution in [0, 0.1) is 5.82 Å². The number of alkyl halides is 3. The van der Waals surface area contributed by atoms with E-state index in [2.05, 4.69) is 15.4 Å². The minimum Gasteiger partial charge on any atom is -0.483 e. The lowest BCUT2D eigenvalue weighted by atomic mass is 10.1. The first-order valence-corrected chi connectivity index (χ1v) is 9.87. The van der Waals surface area contributed by atoms with Gasteiger partial charge < -0.3 is 15.2 Å².